The highest BCUT2D eigenvalue weighted by Gasteiger charge is 2.43. The molecule has 0 saturated carbocycles. The molecule has 4 rings (SSSR count). The number of nitrogens with one attached hydrogen (secondary N) is 1. The maximum absolute atomic E-state index is 12.8. The molecule has 0 spiro atoms. The Labute approximate surface area is 182 Å². The van der Waals surface area contributed by atoms with Gasteiger partial charge >= 0.3 is 0 Å². The zero-order valence-corrected chi connectivity index (χ0v) is 18.9. The molecule has 2 amide bonds. The molecule has 0 saturated heterocycles. The number of carbonyl (C=O) groups is 2. The fourth-order valence-corrected chi connectivity index (χ4v) is 5.70. The van der Waals surface area contributed by atoms with E-state index in [1.807, 2.05) is 31.2 Å². The van der Waals surface area contributed by atoms with Crippen LogP contribution in [0.3, 0.4) is 0 Å². The summed E-state index contributed by atoms with van der Waals surface area (Å²) in [6.45, 7) is 8.89. The first kappa shape index (κ1) is 21.0. The van der Waals surface area contributed by atoms with Crippen LogP contribution in [-0.2, 0) is 9.59 Å². The van der Waals surface area contributed by atoms with E-state index in [0.29, 0.717) is 18.2 Å². The summed E-state index contributed by atoms with van der Waals surface area (Å²) in [7, 11) is 0. The Morgan fingerprint density at radius 2 is 1.93 bits per heavy atom. The van der Waals surface area contributed by atoms with Gasteiger partial charge in [-0.3, -0.25) is 9.59 Å². The monoisotopic (exact) mass is 423 g/mol. The van der Waals surface area contributed by atoms with Crippen molar-refractivity contribution in [1.82, 2.24) is 0 Å². The lowest BCUT2D eigenvalue weighted by Crippen LogP contribution is -2.28. The van der Waals surface area contributed by atoms with E-state index in [0.717, 1.165) is 35.6 Å². The zero-order chi connectivity index (χ0) is 21.5. The van der Waals surface area contributed by atoms with Gasteiger partial charge in [0.15, 0.2) is 0 Å². The van der Waals surface area contributed by atoms with E-state index in [1.54, 1.807) is 11.8 Å². The summed E-state index contributed by atoms with van der Waals surface area (Å²) in [6.07, 6.45) is 3.74. The van der Waals surface area contributed by atoms with Gasteiger partial charge in [-0.15, -0.1) is 0 Å². The summed E-state index contributed by atoms with van der Waals surface area (Å²) < 4.78 is 0. The number of anilines is 1. The molecule has 5 nitrogen and oxygen atoms in total. The van der Waals surface area contributed by atoms with Crippen LogP contribution in [-0.4, -0.2) is 22.7 Å². The summed E-state index contributed by atoms with van der Waals surface area (Å²) in [5, 5.41) is 3.75. The van der Waals surface area contributed by atoms with Gasteiger partial charge < -0.3 is 5.32 Å². The van der Waals surface area contributed by atoms with Crippen molar-refractivity contribution >= 4 is 40.1 Å². The summed E-state index contributed by atoms with van der Waals surface area (Å²) in [6, 6.07) is 7.69. The Morgan fingerprint density at radius 1 is 1.20 bits per heavy atom. The van der Waals surface area contributed by atoms with Crippen LogP contribution in [0.5, 0.6) is 0 Å². The number of hydrogen-bond donors (Lipinski definition) is 1. The number of aryl methyl sites for hydroxylation is 1. The first-order chi connectivity index (χ1) is 14.2. The molecule has 1 aromatic rings. The minimum absolute atomic E-state index is 0.0964. The molecule has 0 fully saturated rings. The molecule has 2 atom stereocenters. The molecule has 0 radical (unpaired) electrons. The van der Waals surface area contributed by atoms with E-state index < -0.39 is 0 Å². The molecule has 3 aliphatic rings. The highest BCUT2D eigenvalue weighted by Crippen LogP contribution is 2.52. The molecule has 1 aliphatic carbocycles. The third-order valence-corrected chi connectivity index (χ3v) is 7.45. The van der Waals surface area contributed by atoms with Gasteiger partial charge in [0.1, 0.15) is 11.8 Å². The van der Waals surface area contributed by atoms with Gasteiger partial charge in [0.25, 0.3) is 5.91 Å². The number of hydrogen-bond acceptors (Lipinski definition) is 4. The molecule has 30 heavy (non-hydrogen) atoms. The van der Waals surface area contributed by atoms with Crippen LogP contribution in [0.25, 0.3) is 0 Å². The van der Waals surface area contributed by atoms with Crippen molar-refractivity contribution in [3.63, 3.8) is 0 Å². The lowest BCUT2D eigenvalue weighted by Gasteiger charge is -2.34. The molecule has 6 heteroatoms. The highest BCUT2D eigenvalue weighted by atomic mass is 32.2. The minimum Gasteiger partial charge on any atom is -0.326 e. The van der Waals surface area contributed by atoms with Gasteiger partial charge in [-0.2, -0.15) is 4.99 Å². The molecule has 1 N–H and O–H groups in total. The van der Waals surface area contributed by atoms with Gasteiger partial charge in [-0.1, -0.05) is 50.2 Å². The van der Waals surface area contributed by atoms with Gasteiger partial charge in [0.2, 0.25) is 5.91 Å². The van der Waals surface area contributed by atoms with Crippen molar-refractivity contribution in [3.8, 4) is 0 Å². The van der Waals surface area contributed by atoms with Crippen molar-refractivity contribution in [1.29, 1.82) is 0 Å². The van der Waals surface area contributed by atoms with Gasteiger partial charge in [-0.05, 0) is 60.1 Å². The Bertz CT molecular complexity index is 967. The number of nitrogens with zero attached hydrogens (tertiary/aromatic N) is 2. The summed E-state index contributed by atoms with van der Waals surface area (Å²) in [5.74, 6) is 0.632. The second-order valence-corrected chi connectivity index (χ2v) is 10.6. The number of amidine groups is 1. The van der Waals surface area contributed by atoms with Crippen LogP contribution in [0.4, 0.5) is 5.69 Å². The SMILES string of the molecule is Cc1ccc(NC(=O)CCC2=NC(=O)C3C(=N2)SC2=C3CCC(C(C)(C)C)C2)cc1. The van der Waals surface area contributed by atoms with Gasteiger partial charge in [0.05, 0.1) is 5.04 Å². The van der Waals surface area contributed by atoms with E-state index in [9.17, 15) is 9.59 Å². The molecule has 0 bridgehead atoms. The van der Waals surface area contributed by atoms with Crippen LogP contribution in [0.15, 0.2) is 44.7 Å². The standard InChI is InChI=1S/C24H29N3O2S/c1-14-5-8-16(9-6-14)25-20(28)12-11-19-26-22(29)21-17-10-7-15(24(2,3)4)13-18(17)30-23(21)27-19/h5-6,8-9,15,21H,7,10-13H2,1-4H3,(H,25,28). The number of fused-ring (bicyclic) bond motifs is 2. The number of aliphatic imine (C=N–C) groups is 2. The topological polar surface area (TPSA) is 70.9 Å². The predicted octanol–water partition coefficient (Wildman–Crippen LogP) is 5.51. The number of carbonyl (C=O) groups excluding carboxylic acids is 2. The molecule has 158 valence electrons. The van der Waals surface area contributed by atoms with Crippen molar-refractivity contribution in [2.45, 2.75) is 59.8 Å². The minimum atomic E-state index is -0.268. The first-order valence-corrected chi connectivity index (χ1v) is 11.5. The summed E-state index contributed by atoms with van der Waals surface area (Å²) in [4.78, 5) is 35.3. The van der Waals surface area contributed by atoms with Crippen LogP contribution >= 0.6 is 11.8 Å². The van der Waals surface area contributed by atoms with E-state index in [4.69, 9.17) is 0 Å². The highest BCUT2D eigenvalue weighted by molar-refractivity contribution is 8.17. The zero-order valence-electron chi connectivity index (χ0n) is 18.1. The van der Waals surface area contributed by atoms with E-state index >= 15 is 0 Å². The smallest absolute Gasteiger partial charge is 0.261 e. The van der Waals surface area contributed by atoms with Crippen molar-refractivity contribution in [3.05, 3.63) is 40.3 Å². The Hall–Kier alpha value is -2.21. The van der Waals surface area contributed by atoms with Crippen LogP contribution < -0.4 is 5.32 Å². The van der Waals surface area contributed by atoms with Crippen LogP contribution in [0, 0.1) is 24.2 Å². The average molecular weight is 424 g/mol. The van der Waals surface area contributed by atoms with E-state index in [-0.39, 0.29) is 29.6 Å². The van der Waals surface area contributed by atoms with Crippen molar-refractivity contribution < 1.29 is 9.59 Å². The van der Waals surface area contributed by atoms with Gasteiger partial charge in [-0.25, -0.2) is 4.99 Å². The normalized spacial score (nSPS) is 23.5. The number of rotatable bonds is 4. The Morgan fingerprint density at radius 3 is 2.63 bits per heavy atom. The Balaban J connectivity index is 1.38. The number of benzene rings is 1. The molecule has 1 aromatic carbocycles. The molecule has 0 aromatic heterocycles. The maximum Gasteiger partial charge on any atom is 0.261 e. The number of allylic oxidation sites excluding steroid dienone is 1. The lowest BCUT2D eigenvalue weighted by atomic mass is 9.71. The molecule has 2 heterocycles. The van der Waals surface area contributed by atoms with Crippen molar-refractivity contribution in [2.75, 3.05) is 5.32 Å². The van der Waals surface area contributed by atoms with E-state index in [2.05, 4.69) is 36.1 Å². The predicted molar refractivity (Wildman–Crippen MR) is 124 cm³/mol. The molecule has 2 aliphatic heterocycles. The quantitative estimate of drug-likeness (QED) is 0.694. The summed E-state index contributed by atoms with van der Waals surface area (Å²) >= 11 is 1.67. The van der Waals surface area contributed by atoms with E-state index in [1.165, 1.54) is 10.5 Å². The van der Waals surface area contributed by atoms with Gasteiger partial charge in [0, 0.05) is 18.5 Å². The molecular formula is C24H29N3O2S. The lowest BCUT2D eigenvalue weighted by molar-refractivity contribution is -0.119. The number of amides is 2. The second kappa shape index (κ2) is 8.14. The fraction of sp³-hybridized carbons (Fsp3) is 0.500. The third-order valence-electron chi connectivity index (χ3n) is 6.24. The first-order valence-electron chi connectivity index (χ1n) is 10.7. The van der Waals surface area contributed by atoms with Crippen LogP contribution in [0.2, 0.25) is 0 Å². The third kappa shape index (κ3) is 4.43. The summed E-state index contributed by atoms with van der Waals surface area (Å²) in [5.41, 5.74) is 3.43. The molecular weight excluding hydrogens is 394 g/mol. The largest absolute Gasteiger partial charge is 0.326 e. The fourth-order valence-electron chi connectivity index (χ4n) is 4.30. The van der Waals surface area contributed by atoms with Crippen LogP contribution in [0.1, 0.15) is 58.4 Å². The Kier molecular flexibility index (Phi) is 5.71. The average Bonchev–Trinajstić information content (AvgIpc) is 3.05. The molecule has 2 unspecified atom stereocenters. The second-order valence-electron chi connectivity index (χ2n) is 9.52. The number of thioether (sulfide) groups is 1. The van der Waals surface area contributed by atoms with Crippen molar-refractivity contribution in [2.24, 2.45) is 27.2 Å². The maximum atomic E-state index is 12.8.